The maximum atomic E-state index is 5.50. The number of hydrogen-bond acceptors (Lipinski definition) is 2. The minimum atomic E-state index is -0.218. The summed E-state index contributed by atoms with van der Waals surface area (Å²) in [5.74, 6) is 0. The third-order valence-corrected chi connectivity index (χ3v) is 15.2. The Morgan fingerprint density at radius 1 is 0.333 bits per heavy atom. The summed E-state index contributed by atoms with van der Waals surface area (Å²) < 4.78 is 4.93. The Balaban J connectivity index is 0.962. The minimum absolute atomic E-state index is 0.218. The molecule has 0 atom stereocenters. The molecule has 3 aromatic heterocycles. The lowest BCUT2D eigenvalue weighted by molar-refractivity contribution is 0.662. The van der Waals surface area contributed by atoms with E-state index in [4.69, 9.17) is 9.97 Å². The van der Waals surface area contributed by atoms with Gasteiger partial charge in [0.2, 0.25) is 0 Å². The molecule has 0 spiro atoms. The van der Waals surface area contributed by atoms with E-state index in [0.717, 1.165) is 61.2 Å². The molecule has 14 aromatic rings. The second kappa shape index (κ2) is 14.1. The summed E-state index contributed by atoms with van der Waals surface area (Å²) in [5.41, 5.74) is 17.7. The first kappa shape index (κ1) is 38.3. The lowest BCUT2D eigenvalue weighted by atomic mass is 9.79. The van der Waals surface area contributed by atoms with Gasteiger partial charge in [-0.25, -0.2) is 9.97 Å². The maximum Gasteiger partial charge on any atom is 0.0979 e. The Labute approximate surface area is 398 Å². The monoisotopic (exact) mass is 878 g/mol. The van der Waals surface area contributed by atoms with Crippen LogP contribution in [0.5, 0.6) is 0 Å². The number of fused-ring (bicyclic) bond motifs is 14. The van der Waals surface area contributed by atoms with Crippen LogP contribution in [-0.2, 0) is 5.41 Å². The molecule has 0 amide bonds. The molecule has 3 heterocycles. The Kier molecular flexibility index (Phi) is 7.81. The van der Waals surface area contributed by atoms with Gasteiger partial charge < -0.3 is 9.13 Å². The van der Waals surface area contributed by atoms with Gasteiger partial charge in [0.25, 0.3) is 0 Å². The molecule has 0 aliphatic heterocycles. The van der Waals surface area contributed by atoms with Crippen molar-refractivity contribution in [2.75, 3.05) is 0 Å². The van der Waals surface area contributed by atoms with Crippen molar-refractivity contribution >= 4 is 87.0 Å². The molecule has 0 fully saturated rings. The molecule has 4 nitrogen and oxygen atoms in total. The van der Waals surface area contributed by atoms with Crippen LogP contribution in [0.15, 0.2) is 218 Å². The SMILES string of the molecule is CC1(C)c2ccccc2-c2cccc(-c3nc4ccccc4nc3-c3cccc4cc(-n5c6cc(-n7c8ccccc8c8c9ccccc9ccc87)ccc6c6cc7ccccc7cc65)ccc34)c21. The molecule has 0 radical (unpaired) electrons. The van der Waals surface area contributed by atoms with Gasteiger partial charge in [0.15, 0.2) is 0 Å². The van der Waals surface area contributed by atoms with Crippen molar-refractivity contribution in [3.05, 3.63) is 230 Å². The van der Waals surface area contributed by atoms with E-state index in [9.17, 15) is 0 Å². The zero-order valence-electron chi connectivity index (χ0n) is 38.1. The second-order valence-electron chi connectivity index (χ2n) is 19.3. The first-order valence-electron chi connectivity index (χ1n) is 23.9. The van der Waals surface area contributed by atoms with Crippen molar-refractivity contribution in [3.8, 4) is 45.0 Å². The van der Waals surface area contributed by atoms with Gasteiger partial charge in [-0.15, -0.1) is 0 Å². The summed E-state index contributed by atoms with van der Waals surface area (Å²) in [6.07, 6.45) is 0. The van der Waals surface area contributed by atoms with Gasteiger partial charge in [0.1, 0.15) is 0 Å². The smallest absolute Gasteiger partial charge is 0.0979 e. The van der Waals surface area contributed by atoms with Gasteiger partial charge >= 0.3 is 0 Å². The van der Waals surface area contributed by atoms with Crippen LogP contribution in [0, 0.1) is 0 Å². The molecule has 1 aliphatic carbocycles. The minimum Gasteiger partial charge on any atom is -0.309 e. The van der Waals surface area contributed by atoms with E-state index in [0.29, 0.717) is 0 Å². The highest BCUT2D eigenvalue weighted by Crippen LogP contribution is 2.53. The van der Waals surface area contributed by atoms with Crippen LogP contribution < -0.4 is 0 Å². The molecule has 11 aromatic carbocycles. The fourth-order valence-corrected chi connectivity index (χ4v) is 12.2. The summed E-state index contributed by atoms with van der Waals surface area (Å²) in [4.78, 5) is 11.0. The van der Waals surface area contributed by atoms with E-state index in [1.54, 1.807) is 0 Å². The number of hydrogen-bond donors (Lipinski definition) is 0. The summed E-state index contributed by atoms with van der Waals surface area (Å²) in [7, 11) is 0. The van der Waals surface area contributed by atoms with Crippen molar-refractivity contribution in [1.29, 1.82) is 0 Å². The predicted octanol–water partition coefficient (Wildman–Crippen LogP) is 16.9. The molecule has 0 saturated carbocycles. The molecule has 69 heavy (non-hydrogen) atoms. The number of aromatic nitrogens is 4. The molecule has 0 saturated heterocycles. The first-order valence-corrected chi connectivity index (χ1v) is 23.9. The summed E-state index contributed by atoms with van der Waals surface area (Å²) >= 11 is 0. The molecular formula is C65H42N4. The Morgan fingerprint density at radius 2 is 0.913 bits per heavy atom. The molecule has 0 N–H and O–H groups in total. The first-order chi connectivity index (χ1) is 34.0. The topological polar surface area (TPSA) is 35.6 Å². The fraction of sp³-hybridized carbons (Fsp3) is 0.0462. The quantitative estimate of drug-likeness (QED) is 0.177. The van der Waals surface area contributed by atoms with Crippen molar-refractivity contribution < 1.29 is 0 Å². The molecule has 0 bridgehead atoms. The number of rotatable bonds is 4. The van der Waals surface area contributed by atoms with Crippen LogP contribution in [0.2, 0.25) is 0 Å². The average molecular weight is 879 g/mol. The van der Waals surface area contributed by atoms with Gasteiger partial charge in [-0.2, -0.15) is 0 Å². The molecule has 322 valence electrons. The van der Waals surface area contributed by atoms with Crippen LogP contribution in [0.25, 0.3) is 132 Å². The summed E-state index contributed by atoms with van der Waals surface area (Å²) in [6.45, 7) is 4.69. The van der Waals surface area contributed by atoms with Crippen molar-refractivity contribution in [3.63, 3.8) is 0 Å². The van der Waals surface area contributed by atoms with Crippen LogP contribution in [0.3, 0.4) is 0 Å². The van der Waals surface area contributed by atoms with E-state index in [1.165, 1.54) is 81.9 Å². The second-order valence-corrected chi connectivity index (χ2v) is 19.3. The highest BCUT2D eigenvalue weighted by atomic mass is 15.0. The van der Waals surface area contributed by atoms with E-state index in [2.05, 4.69) is 241 Å². The fourth-order valence-electron chi connectivity index (χ4n) is 12.2. The summed E-state index contributed by atoms with van der Waals surface area (Å²) in [6, 6.07) is 80.1. The Bertz CT molecular complexity index is 4530. The number of nitrogens with zero attached hydrogens (tertiary/aromatic N) is 4. The predicted molar refractivity (Wildman–Crippen MR) is 289 cm³/mol. The zero-order valence-corrected chi connectivity index (χ0v) is 38.1. The van der Waals surface area contributed by atoms with Gasteiger partial charge in [0.05, 0.1) is 44.5 Å². The standard InChI is InChI=1S/C65H42N4/c1-65(2)54-25-9-7-20-47(54)49-22-14-24-52(62(49)65)64-63(66-55-26-10-11-27-56(55)67-64)50-23-13-18-42-35-43(30-32-45(42)50)69-59-37-41-17-4-3-16-40(41)36-53(59)48-33-31-44(38-60(48)69)68-57-28-12-8-21-51(57)61-46-19-6-5-15-39(46)29-34-58(61)68/h3-38H,1-2H3. The van der Waals surface area contributed by atoms with Crippen molar-refractivity contribution in [2.45, 2.75) is 19.3 Å². The van der Waals surface area contributed by atoms with Gasteiger partial charge in [-0.1, -0.05) is 172 Å². The third kappa shape index (κ3) is 5.40. The highest BCUT2D eigenvalue weighted by molar-refractivity contribution is 6.22. The maximum absolute atomic E-state index is 5.50. The van der Waals surface area contributed by atoms with Gasteiger partial charge in [-0.3, -0.25) is 0 Å². The zero-order chi connectivity index (χ0) is 45.5. The third-order valence-electron chi connectivity index (χ3n) is 15.2. The lowest BCUT2D eigenvalue weighted by Gasteiger charge is -2.25. The average Bonchev–Trinajstić information content (AvgIpc) is 3.99. The lowest BCUT2D eigenvalue weighted by Crippen LogP contribution is -2.16. The van der Waals surface area contributed by atoms with Crippen LogP contribution in [0.4, 0.5) is 0 Å². The number of benzene rings is 11. The Hall–Kier alpha value is -8.86. The van der Waals surface area contributed by atoms with Gasteiger partial charge in [0, 0.05) is 49.5 Å². The molecule has 1 aliphatic rings. The summed E-state index contributed by atoms with van der Waals surface area (Å²) in [5, 5.41) is 12.2. The normalized spacial score (nSPS) is 13.2. The highest BCUT2D eigenvalue weighted by Gasteiger charge is 2.38. The molecule has 0 unspecified atom stereocenters. The Morgan fingerprint density at radius 3 is 1.75 bits per heavy atom. The largest absolute Gasteiger partial charge is 0.309 e. The van der Waals surface area contributed by atoms with E-state index in [1.807, 2.05) is 0 Å². The van der Waals surface area contributed by atoms with Crippen LogP contribution in [0.1, 0.15) is 25.0 Å². The number of para-hydroxylation sites is 3. The van der Waals surface area contributed by atoms with E-state index >= 15 is 0 Å². The van der Waals surface area contributed by atoms with Crippen molar-refractivity contribution in [1.82, 2.24) is 19.1 Å². The molecule has 15 rings (SSSR count). The van der Waals surface area contributed by atoms with Gasteiger partial charge in [-0.05, 0) is 115 Å². The van der Waals surface area contributed by atoms with E-state index in [-0.39, 0.29) is 5.41 Å². The molecular weight excluding hydrogens is 837 g/mol. The van der Waals surface area contributed by atoms with Crippen LogP contribution in [-0.4, -0.2) is 19.1 Å². The van der Waals surface area contributed by atoms with E-state index < -0.39 is 0 Å². The molecule has 4 heteroatoms. The van der Waals surface area contributed by atoms with Crippen LogP contribution >= 0.6 is 0 Å². The van der Waals surface area contributed by atoms with Crippen molar-refractivity contribution in [2.24, 2.45) is 0 Å².